The molecule has 54 valence electrons. The lowest BCUT2D eigenvalue weighted by Gasteiger charge is -2.15. The first kappa shape index (κ1) is 6.74. The third-order valence-corrected chi connectivity index (χ3v) is 3.99. The Balaban J connectivity index is 2.27. The summed E-state index contributed by atoms with van der Waals surface area (Å²) in [5.41, 5.74) is 0. The fraction of sp³-hybridized carbons (Fsp3) is 0.571. The second-order valence-electron chi connectivity index (χ2n) is 2.59. The minimum Gasteiger partial charge on any atom is -0.298 e. The number of carbonyl (C=O) groups excluding carboxylic acids is 1. The van der Waals surface area contributed by atoms with Crippen LogP contribution in [0, 0.1) is 0 Å². The zero-order valence-electron chi connectivity index (χ0n) is 5.29. The van der Waals surface area contributed by atoms with Gasteiger partial charge in [-0.15, -0.1) is 23.4 Å². The lowest BCUT2D eigenvalue weighted by molar-refractivity contribution is -0.117. The molecule has 3 unspecified atom stereocenters. The molecular formula is C7H7ClOS. The van der Waals surface area contributed by atoms with E-state index in [9.17, 15) is 4.79 Å². The fourth-order valence-corrected chi connectivity index (χ4v) is 2.96. The van der Waals surface area contributed by atoms with Crippen LogP contribution in [-0.2, 0) is 4.79 Å². The number of hydrogen-bond acceptors (Lipinski definition) is 2. The summed E-state index contributed by atoms with van der Waals surface area (Å²) in [6, 6.07) is 0. The van der Waals surface area contributed by atoms with Gasteiger partial charge < -0.3 is 0 Å². The maximum atomic E-state index is 11.1. The summed E-state index contributed by atoms with van der Waals surface area (Å²) in [6.07, 6.45) is 4.53. The van der Waals surface area contributed by atoms with Crippen molar-refractivity contribution < 1.29 is 4.79 Å². The topological polar surface area (TPSA) is 17.1 Å². The summed E-state index contributed by atoms with van der Waals surface area (Å²) >= 11 is 7.62. The third-order valence-electron chi connectivity index (χ3n) is 1.87. The number of halogens is 1. The van der Waals surface area contributed by atoms with Crippen molar-refractivity contribution in [3.8, 4) is 0 Å². The molecule has 0 N–H and O–H groups in total. The maximum absolute atomic E-state index is 11.1. The number of fused-ring (bicyclic) bond motifs is 2. The van der Waals surface area contributed by atoms with Gasteiger partial charge >= 0.3 is 0 Å². The van der Waals surface area contributed by atoms with Crippen molar-refractivity contribution >= 4 is 29.1 Å². The zero-order valence-corrected chi connectivity index (χ0v) is 6.86. The van der Waals surface area contributed by atoms with E-state index in [1.807, 2.05) is 12.2 Å². The van der Waals surface area contributed by atoms with Crippen molar-refractivity contribution in [1.82, 2.24) is 0 Å². The molecule has 1 nitrogen and oxygen atoms in total. The summed E-state index contributed by atoms with van der Waals surface area (Å²) in [5.74, 6) is 0.342. The monoisotopic (exact) mass is 174 g/mol. The van der Waals surface area contributed by atoms with Crippen LogP contribution in [0.3, 0.4) is 0 Å². The highest BCUT2D eigenvalue weighted by Gasteiger charge is 2.37. The number of Topliss-reactive ketones (excluding diaryl/α,β-unsaturated/α-hetero) is 1. The molecule has 0 radical (unpaired) electrons. The Kier molecular flexibility index (Phi) is 1.53. The normalized spacial score (nSPS) is 44.5. The van der Waals surface area contributed by atoms with Crippen LogP contribution >= 0.6 is 23.4 Å². The van der Waals surface area contributed by atoms with Gasteiger partial charge in [-0.3, -0.25) is 4.79 Å². The highest BCUT2D eigenvalue weighted by atomic mass is 35.5. The first-order valence-electron chi connectivity index (χ1n) is 3.28. The molecule has 2 bridgehead atoms. The molecular weight excluding hydrogens is 168 g/mol. The van der Waals surface area contributed by atoms with E-state index >= 15 is 0 Å². The van der Waals surface area contributed by atoms with Gasteiger partial charge in [0.15, 0.2) is 5.78 Å². The molecule has 0 saturated carbocycles. The molecule has 0 aliphatic carbocycles. The Morgan fingerprint density at radius 1 is 1.60 bits per heavy atom. The highest BCUT2D eigenvalue weighted by molar-refractivity contribution is 8.02. The molecule has 1 fully saturated rings. The molecule has 3 atom stereocenters. The summed E-state index contributed by atoms with van der Waals surface area (Å²) in [4.78, 5) is 11.1. The van der Waals surface area contributed by atoms with Crippen LogP contribution in [0.25, 0.3) is 0 Å². The number of rotatable bonds is 0. The van der Waals surface area contributed by atoms with Gasteiger partial charge in [-0.25, -0.2) is 0 Å². The van der Waals surface area contributed by atoms with E-state index in [1.54, 1.807) is 11.8 Å². The van der Waals surface area contributed by atoms with Crippen molar-refractivity contribution in [2.75, 3.05) is 0 Å². The van der Waals surface area contributed by atoms with Gasteiger partial charge in [-0.2, -0.15) is 0 Å². The minimum absolute atomic E-state index is 0.0766. The van der Waals surface area contributed by atoms with Gasteiger partial charge in [0, 0.05) is 11.7 Å². The number of thioether (sulfide) groups is 1. The largest absolute Gasteiger partial charge is 0.298 e. The number of ketones is 1. The van der Waals surface area contributed by atoms with Crippen molar-refractivity contribution in [2.45, 2.75) is 22.3 Å². The van der Waals surface area contributed by atoms with Crippen LogP contribution in [0.15, 0.2) is 12.2 Å². The zero-order chi connectivity index (χ0) is 7.14. The average Bonchev–Trinajstić information content (AvgIpc) is 2.21. The molecule has 2 aliphatic rings. The van der Waals surface area contributed by atoms with Gasteiger partial charge in [0.05, 0.1) is 10.6 Å². The van der Waals surface area contributed by atoms with E-state index in [0.29, 0.717) is 17.5 Å². The average molecular weight is 175 g/mol. The van der Waals surface area contributed by atoms with Gasteiger partial charge in [0.25, 0.3) is 0 Å². The van der Waals surface area contributed by atoms with Gasteiger partial charge in [0.1, 0.15) is 0 Å². The standard InChI is InChI=1S/C7H7ClOS/c8-4-1-2-6-5(9)3-7(4)10-6/h1-2,4,6-7H,3H2. The van der Waals surface area contributed by atoms with Crippen molar-refractivity contribution in [3.05, 3.63) is 12.2 Å². The van der Waals surface area contributed by atoms with E-state index in [-0.39, 0.29) is 10.6 Å². The van der Waals surface area contributed by atoms with Crippen LogP contribution in [0.2, 0.25) is 0 Å². The lowest BCUT2D eigenvalue weighted by atomic mass is 10.2. The number of allylic oxidation sites excluding steroid dienone is 1. The van der Waals surface area contributed by atoms with E-state index in [2.05, 4.69) is 0 Å². The lowest BCUT2D eigenvalue weighted by Crippen LogP contribution is -2.14. The first-order valence-corrected chi connectivity index (χ1v) is 4.66. The van der Waals surface area contributed by atoms with E-state index < -0.39 is 0 Å². The second kappa shape index (κ2) is 2.28. The highest BCUT2D eigenvalue weighted by Crippen LogP contribution is 2.39. The molecule has 0 amide bonds. The van der Waals surface area contributed by atoms with Crippen molar-refractivity contribution in [1.29, 1.82) is 0 Å². The Hall–Kier alpha value is 0.0500. The minimum atomic E-state index is 0.0766. The van der Waals surface area contributed by atoms with Gasteiger partial charge in [-0.05, 0) is 0 Å². The van der Waals surface area contributed by atoms with Crippen LogP contribution in [0.1, 0.15) is 6.42 Å². The smallest absolute Gasteiger partial charge is 0.150 e. The Morgan fingerprint density at radius 2 is 2.40 bits per heavy atom. The summed E-state index contributed by atoms with van der Waals surface area (Å²) in [6.45, 7) is 0. The molecule has 0 aromatic rings. The molecule has 0 aromatic heterocycles. The van der Waals surface area contributed by atoms with Gasteiger partial charge in [0.2, 0.25) is 0 Å². The summed E-state index contributed by atoms with van der Waals surface area (Å²) < 4.78 is 0. The molecule has 0 aromatic carbocycles. The molecule has 2 rings (SSSR count). The number of hydrogen-bond donors (Lipinski definition) is 0. The first-order chi connectivity index (χ1) is 4.77. The predicted molar refractivity (Wildman–Crippen MR) is 43.6 cm³/mol. The number of alkyl halides is 1. The molecule has 2 heterocycles. The Morgan fingerprint density at radius 3 is 3.10 bits per heavy atom. The quantitative estimate of drug-likeness (QED) is 0.410. The SMILES string of the molecule is O=C1CC2SC1C=CC2Cl. The molecule has 3 heteroatoms. The second-order valence-corrected chi connectivity index (χ2v) is 4.48. The van der Waals surface area contributed by atoms with Crippen LogP contribution in [-0.4, -0.2) is 21.7 Å². The molecule has 2 aliphatic heterocycles. The molecule has 10 heavy (non-hydrogen) atoms. The van der Waals surface area contributed by atoms with Crippen LogP contribution in [0.4, 0.5) is 0 Å². The Labute approximate surface area is 68.8 Å². The maximum Gasteiger partial charge on any atom is 0.150 e. The van der Waals surface area contributed by atoms with Crippen LogP contribution < -0.4 is 0 Å². The fourth-order valence-electron chi connectivity index (χ4n) is 1.30. The van der Waals surface area contributed by atoms with Crippen LogP contribution in [0.5, 0.6) is 0 Å². The number of carbonyl (C=O) groups is 1. The van der Waals surface area contributed by atoms with Crippen molar-refractivity contribution in [2.24, 2.45) is 0 Å². The van der Waals surface area contributed by atoms with E-state index in [0.717, 1.165) is 0 Å². The van der Waals surface area contributed by atoms with E-state index in [4.69, 9.17) is 11.6 Å². The van der Waals surface area contributed by atoms with E-state index in [1.165, 1.54) is 0 Å². The molecule has 1 saturated heterocycles. The predicted octanol–water partition coefficient (Wildman–Crippen LogP) is 1.61. The third kappa shape index (κ3) is 0.903. The Bertz CT molecular complexity index is 202. The van der Waals surface area contributed by atoms with Gasteiger partial charge in [-0.1, -0.05) is 12.2 Å². The van der Waals surface area contributed by atoms with Crippen molar-refractivity contribution in [3.63, 3.8) is 0 Å². The summed E-state index contributed by atoms with van der Waals surface area (Å²) in [5, 5.41) is 0.553. The molecule has 0 spiro atoms. The summed E-state index contributed by atoms with van der Waals surface area (Å²) in [7, 11) is 0.